The van der Waals surface area contributed by atoms with Gasteiger partial charge in [0.05, 0.1) is 29.7 Å². The fourth-order valence-corrected chi connectivity index (χ4v) is 6.17. The smallest absolute Gasteiger partial charge is 0.416 e. The highest BCUT2D eigenvalue weighted by Crippen LogP contribution is 2.48. The minimum absolute atomic E-state index is 0.0535. The van der Waals surface area contributed by atoms with Crippen molar-refractivity contribution in [1.29, 1.82) is 0 Å². The predicted molar refractivity (Wildman–Crippen MR) is 139 cm³/mol. The van der Waals surface area contributed by atoms with Gasteiger partial charge in [0.1, 0.15) is 5.75 Å². The molecule has 228 valence electrons. The standard InChI is InChI=1S/C27H27F6N3O5S/c1-16-3-8-22(34-12-16)20-11-25(27(31,32)33,18-4-6-19(7-5-18)41-10-2-9-26(28,29)30)36-24(38)21(20)13-35-23(37)17-14-42(39,40)15-17/h3-8,12,17H,2,9-11,13-15H2,1H3,(H,35,37)(H,36,38)/t25-/m0/s1. The number of sulfone groups is 1. The van der Waals surface area contributed by atoms with Crippen LogP contribution in [0.3, 0.4) is 0 Å². The summed E-state index contributed by atoms with van der Waals surface area (Å²) >= 11 is 0. The maximum Gasteiger partial charge on any atom is 0.416 e. The molecular formula is C27H27F6N3O5S. The van der Waals surface area contributed by atoms with Crippen molar-refractivity contribution in [1.82, 2.24) is 15.6 Å². The minimum atomic E-state index is -5.01. The average molecular weight is 620 g/mol. The van der Waals surface area contributed by atoms with Crippen molar-refractivity contribution in [3.8, 4) is 5.75 Å². The maximum absolute atomic E-state index is 14.8. The number of amides is 2. The number of aryl methyl sites for hydroxylation is 1. The molecule has 2 aliphatic rings. The van der Waals surface area contributed by atoms with E-state index in [4.69, 9.17) is 4.74 Å². The van der Waals surface area contributed by atoms with E-state index in [-0.39, 0.29) is 52.7 Å². The van der Waals surface area contributed by atoms with E-state index in [0.29, 0.717) is 5.56 Å². The van der Waals surface area contributed by atoms with Gasteiger partial charge in [0.2, 0.25) is 11.8 Å². The molecule has 2 amide bonds. The van der Waals surface area contributed by atoms with E-state index < -0.39 is 64.8 Å². The van der Waals surface area contributed by atoms with Crippen molar-refractivity contribution in [2.24, 2.45) is 5.92 Å². The molecule has 2 N–H and O–H groups in total. The summed E-state index contributed by atoms with van der Waals surface area (Å²) in [6, 6.07) is 7.59. The number of alkyl halides is 6. The number of ether oxygens (including phenoxy) is 1. The first-order valence-electron chi connectivity index (χ1n) is 12.8. The Morgan fingerprint density at radius 3 is 2.31 bits per heavy atom. The molecular weight excluding hydrogens is 592 g/mol. The number of rotatable bonds is 9. The van der Waals surface area contributed by atoms with Crippen molar-refractivity contribution in [3.05, 3.63) is 65.0 Å². The van der Waals surface area contributed by atoms with Crippen LogP contribution in [0.2, 0.25) is 0 Å². The number of pyridine rings is 1. The third-order valence-electron chi connectivity index (χ3n) is 7.05. The molecule has 1 atom stereocenters. The van der Waals surface area contributed by atoms with E-state index in [9.17, 15) is 44.3 Å². The lowest BCUT2D eigenvalue weighted by atomic mass is 9.77. The predicted octanol–water partition coefficient (Wildman–Crippen LogP) is 4.00. The second-order valence-corrected chi connectivity index (χ2v) is 12.4. The molecule has 0 bridgehead atoms. The number of benzene rings is 1. The number of halogens is 6. The van der Waals surface area contributed by atoms with Crippen LogP contribution in [-0.4, -0.2) is 62.2 Å². The largest absolute Gasteiger partial charge is 0.494 e. The zero-order valence-corrected chi connectivity index (χ0v) is 23.0. The SMILES string of the molecule is Cc1ccc(C2=C(CNC(=O)C3CS(=O)(=O)C3)C(=O)N[C@@](c3ccc(OCCCC(F)(F)F)cc3)(C(F)(F)F)C2)nc1. The quantitative estimate of drug-likeness (QED) is 0.324. The fourth-order valence-electron chi connectivity index (χ4n) is 4.74. The van der Waals surface area contributed by atoms with Crippen LogP contribution >= 0.6 is 0 Å². The van der Waals surface area contributed by atoms with Gasteiger partial charge in [-0.2, -0.15) is 26.3 Å². The van der Waals surface area contributed by atoms with Crippen LogP contribution in [0, 0.1) is 12.8 Å². The number of hydrogen-bond donors (Lipinski definition) is 2. The Morgan fingerprint density at radius 2 is 1.76 bits per heavy atom. The summed E-state index contributed by atoms with van der Waals surface area (Å²) in [5, 5.41) is 4.53. The van der Waals surface area contributed by atoms with Gasteiger partial charge in [-0.15, -0.1) is 0 Å². The minimum Gasteiger partial charge on any atom is -0.494 e. The van der Waals surface area contributed by atoms with Gasteiger partial charge in [-0.25, -0.2) is 8.42 Å². The third kappa shape index (κ3) is 7.05. The van der Waals surface area contributed by atoms with Gasteiger partial charge in [-0.3, -0.25) is 14.6 Å². The molecule has 8 nitrogen and oxygen atoms in total. The zero-order valence-electron chi connectivity index (χ0n) is 22.2. The van der Waals surface area contributed by atoms with Crippen LogP contribution in [0.1, 0.15) is 36.1 Å². The molecule has 1 fully saturated rings. The molecule has 2 aliphatic heterocycles. The molecule has 0 spiro atoms. The number of aromatic nitrogens is 1. The molecule has 0 unspecified atom stereocenters. The van der Waals surface area contributed by atoms with Crippen molar-refractivity contribution in [2.75, 3.05) is 24.7 Å². The topological polar surface area (TPSA) is 114 Å². The molecule has 4 rings (SSSR count). The first-order chi connectivity index (χ1) is 19.5. The van der Waals surface area contributed by atoms with Crippen LogP contribution in [0.4, 0.5) is 26.3 Å². The number of carbonyl (C=O) groups excluding carboxylic acids is 2. The Morgan fingerprint density at radius 1 is 1.10 bits per heavy atom. The summed E-state index contributed by atoms with van der Waals surface area (Å²) in [6.45, 7) is 0.970. The Balaban J connectivity index is 1.63. The van der Waals surface area contributed by atoms with E-state index in [2.05, 4.69) is 15.6 Å². The van der Waals surface area contributed by atoms with E-state index in [1.165, 1.54) is 24.4 Å². The average Bonchev–Trinajstić information content (AvgIpc) is 2.88. The van der Waals surface area contributed by atoms with Gasteiger partial charge in [-0.05, 0) is 48.2 Å². The van der Waals surface area contributed by atoms with Crippen molar-refractivity contribution in [2.45, 2.75) is 44.1 Å². The second kappa shape index (κ2) is 11.6. The van der Waals surface area contributed by atoms with E-state index in [1.807, 2.05) is 0 Å². The molecule has 1 saturated heterocycles. The zero-order chi connectivity index (χ0) is 30.9. The summed E-state index contributed by atoms with van der Waals surface area (Å²) < 4.78 is 110. The lowest BCUT2D eigenvalue weighted by molar-refractivity contribution is -0.201. The Bertz CT molecular complexity index is 1460. The molecule has 2 aromatic rings. The van der Waals surface area contributed by atoms with Crippen molar-refractivity contribution in [3.63, 3.8) is 0 Å². The molecule has 15 heteroatoms. The molecule has 1 aromatic carbocycles. The van der Waals surface area contributed by atoms with Gasteiger partial charge < -0.3 is 15.4 Å². The molecule has 1 aromatic heterocycles. The van der Waals surface area contributed by atoms with E-state index in [1.54, 1.807) is 13.0 Å². The van der Waals surface area contributed by atoms with Gasteiger partial charge in [0.25, 0.3) is 0 Å². The third-order valence-corrected chi connectivity index (χ3v) is 8.87. The monoisotopic (exact) mass is 619 g/mol. The molecule has 42 heavy (non-hydrogen) atoms. The van der Waals surface area contributed by atoms with Crippen LogP contribution < -0.4 is 15.4 Å². The van der Waals surface area contributed by atoms with Crippen LogP contribution in [0.15, 0.2) is 48.2 Å². The molecule has 3 heterocycles. The Labute approximate surface area is 237 Å². The Kier molecular flexibility index (Phi) is 8.63. The summed E-state index contributed by atoms with van der Waals surface area (Å²) in [6.07, 6.45) is -10.1. The summed E-state index contributed by atoms with van der Waals surface area (Å²) in [4.78, 5) is 30.0. The fraction of sp³-hybridized carbons (Fsp3) is 0.444. The maximum atomic E-state index is 14.8. The van der Waals surface area contributed by atoms with E-state index in [0.717, 1.165) is 12.1 Å². The first-order valence-corrected chi connectivity index (χ1v) is 14.6. The van der Waals surface area contributed by atoms with Gasteiger partial charge in [0, 0.05) is 31.2 Å². The van der Waals surface area contributed by atoms with E-state index >= 15 is 0 Å². The van der Waals surface area contributed by atoms with Crippen molar-refractivity contribution >= 4 is 27.2 Å². The van der Waals surface area contributed by atoms with Crippen LogP contribution in [0.25, 0.3) is 5.57 Å². The molecule has 0 aliphatic carbocycles. The summed E-state index contributed by atoms with van der Waals surface area (Å²) in [7, 11) is -3.31. The van der Waals surface area contributed by atoms with Gasteiger partial charge in [0.15, 0.2) is 15.4 Å². The first kappa shape index (κ1) is 31.3. The molecule has 0 radical (unpaired) electrons. The summed E-state index contributed by atoms with van der Waals surface area (Å²) in [5.74, 6) is -3.21. The number of nitrogens with one attached hydrogen (secondary N) is 2. The van der Waals surface area contributed by atoms with Crippen LogP contribution in [-0.2, 0) is 25.0 Å². The van der Waals surface area contributed by atoms with Crippen molar-refractivity contribution < 1.29 is 49.1 Å². The lowest BCUT2D eigenvalue weighted by Gasteiger charge is -2.41. The number of carbonyl (C=O) groups is 2. The molecule has 0 saturated carbocycles. The normalized spacial score (nSPS) is 21.0. The lowest BCUT2D eigenvalue weighted by Crippen LogP contribution is -2.59. The van der Waals surface area contributed by atoms with Gasteiger partial charge >= 0.3 is 12.4 Å². The van der Waals surface area contributed by atoms with Gasteiger partial charge in [-0.1, -0.05) is 18.2 Å². The highest BCUT2D eigenvalue weighted by molar-refractivity contribution is 7.92. The summed E-state index contributed by atoms with van der Waals surface area (Å²) in [5.41, 5.74) is -2.68. The highest BCUT2D eigenvalue weighted by atomic mass is 32.2. The van der Waals surface area contributed by atoms with Crippen LogP contribution in [0.5, 0.6) is 5.75 Å². The Hall–Kier alpha value is -3.62. The number of hydrogen-bond acceptors (Lipinski definition) is 6. The highest BCUT2D eigenvalue weighted by Gasteiger charge is 2.59. The second-order valence-electron chi connectivity index (χ2n) is 10.3. The number of nitrogens with zero attached hydrogens (tertiary/aromatic N) is 1.